The number of imide groups is 2. The minimum Gasteiger partial charge on any atom is -0.367 e. The van der Waals surface area contributed by atoms with Gasteiger partial charge in [0, 0.05) is 70.0 Å². The standard InChI is InChI=1S/C38H37ClF4N10O6S/c39-28-18-44-37(48-33(28)23-17-45-51(20-23)21-38(41,42)43)46-24-6-8-52(9-7-24)60(58,59)25-3-1-2-22(14-25)19-49-10-12-50(13-11-49)31-16-27-26(15-29(31)40)35(56)53(36(27)57)30-4-5-32(54)47-34(30)55/h1-3,14-18,20,24,30H,4-13,19,21H2,(H,44,46,48)(H,47,54,55). The van der Waals surface area contributed by atoms with Crippen molar-refractivity contribution in [3.05, 3.63) is 82.5 Å². The van der Waals surface area contributed by atoms with Gasteiger partial charge < -0.3 is 10.2 Å². The number of nitrogens with zero attached hydrogens (tertiary/aromatic N) is 8. The molecule has 1 unspecified atom stereocenters. The normalized spacial score (nSPS) is 19.9. The molecule has 0 radical (unpaired) electrons. The summed E-state index contributed by atoms with van der Waals surface area (Å²) in [6, 6.07) is 7.72. The quantitative estimate of drug-likeness (QED) is 0.175. The summed E-state index contributed by atoms with van der Waals surface area (Å²) in [4.78, 5) is 63.9. The van der Waals surface area contributed by atoms with Crippen molar-refractivity contribution in [1.29, 1.82) is 0 Å². The van der Waals surface area contributed by atoms with Crippen molar-refractivity contribution >= 4 is 56.9 Å². The molecule has 0 spiro atoms. The molecule has 4 aromatic rings. The van der Waals surface area contributed by atoms with Crippen LogP contribution in [0.1, 0.15) is 52.0 Å². The van der Waals surface area contributed by atoms with Crippen LogP contribution < -0.4 is 15.5 Å². The van der Waals surface area contributed by atoms with Gasteiger partial charge in [-0.15, -0.1) is 0 Å². The molecule has 0 saturated carbocycles. The second-order valence-corrected chi connectivity index (χ2v) is 17.3. The van der Waals surface area contributed by atoms with E-state index in [1.165, 1.54) is 29.0 Å². The van der Waals surface area contributed by atoms with E-state index in [1.807, 2.05) is 6.07 Å². The number of rotatable bonds is 10. The lowest BCUT2D eigenvalue weighted by Crippen LogP contribution is -2.54. The van der Waals surface area contributed by atoms with E-state index in [2.05, 4.69) is 30.6 Å². The number of halogens is 5. The Kier molecular flexibility index (Phi) is 11.1. The zero-order valence-corrected chi connectivity index (χ0v) is 33.2. The molecule has 3 saturated heterocycles. The number of alkyl halides is 3. The number of hydrogen-bond donors (Lipinski definition) is 2. The Labute approximate surface area is 345 Å². The molecule has 0 aliphatic carbocycles. The Morgan fingerprint density at radius 1 is 0.917 bits per heavy atom. The highest BCUT2D eigenvalue weighted by atomic mass is 35.5. The summed E-state index contributed by atoms with van der Waals surface area (Å²) in [5.41, 5.74) is 1.25. The average molecular weight is 873 g/mol. The number of fused-ring (bicyclic) bond motifs is 1. The lowest BCUT2D eigenvalue weighted by molar-refractivity contribution is -0.142. The van der Waals surface area contributed by atoms with E-state index in [0.29, 0.717) is 45.6 Å². The highest BCUT2D eigenvalue weighted by Crippen LogP contribution is 2.34. The largest absolute Gasteiger partial charge is 0.408 e. The molecule has 4 aliphatic heterocycles. The van der Waals surface area contributed by atoms with E-state index in [4.69, 9.17) is 11.6 Å². The molecule has 4 amide bonds. The van der Waals surface area contributed by atoms with Crippen molar-refractivity contribution in [2.45, 2.75) is 61.9 Å². The monoisotopic (exact) mass is 872 g/mol. The summed E-state index contributed by atoms with van der Waals surface area (Å²) in [5, 5.41) is 9.20. The summed E-state index contributed by atoms with van der Waals surface area (Å²) in [6.07, 6.45) is 0.142. The van der Waals surface area contributed by atoms with Gasteiger partial charge in [-0.1, -0.05) is 23.7 Å². The number of anilines is 2. The molecular formula is C38H37ClF4N10O6S. The lowest BCUT2D eigenvalue weighted by Gasteiger charge is -2.36. The molecule has 2 aromatic heterocycles. The van der Waals surface area contributed by atoms with Gasteiger partial charge in [-0.3, -0.25) is 39.0 Å². The molecular weight excluding hydrogens is 836 g/mol. The van der Waals surface area contributed by atoms with Gasteiger partial charge in [-0.2, -0.15) is 22.6 Å². The van der Waals surface area contributed by atoms with E-state index in [-0.39, 0.29) is 75.9 Å². The third-order valence-corrected chi connectivity index (χ3v) is 13.1. The van der Waals surface area contributed by atoms with Crippen LogP contribution in [0.3, 0.4) is 0 Å². The van der Waals surface area contributed by atoms with Crippen LogP contribution in [0.4, 0.5) is 29.2 Å². The van der Waals surface area contributed by atoms with Crippen LogP contribution in [0.2, 0.25) is 5.02 Å². The smallest absolute Gasteiger partial charge is 0.367 e. The number of nitrogens with one attached hydrogen (secondary N) is 2. The van der Waals surface area contributed by atoms with E-state index in [1.54, 1.807) is 23.1 Å². The fourth-order valence-corrected chi connectivity index (χ4v) is 9.64. The second-order valence-electron chi connectivity index (χ2n) is 15.0. The number of amides is 4. The fraction of sp³-hybridized carbons (Fsp3) is 0.395. The Bertz CT molecular complexity index is 2490. The molecule has 0 bridgehead atoms. The third-order valence-electron chi connectivity index (χ3n) is 10.9. The predicted molar refractivity (Wildman–Crippen MR) is 207 cm³/mol. The molecule has 2 aromatic carbocycles. The van der Waals surface area contributed by atoms with Gasteiger partial charge in [0.2, 0.25) is 27.8 Å². The first-order valence-corrected chi connectivity index (χ1v) is 20.9. The maximum Gasteiger partial charge on any atom is 0.408 e. The highest BCUT2D eigenvalue weighted by Gasteiger charge is 2.45. The van der Waals surface area contributed by atoms with Crippen molar-refractivity contribution in [2.75, 3.05) is 49.5 Å². The molecule has 4 aliphatic rings. The number of aromatic nitrogens is 4. The van der Waals surface area contributed by atoms with Crippen LogP contribution in [0.5, 0.6) is 0 Å². The molecule has 6 heterocycles. The van der Waals surface area contributed by atoms with Crippen LogP contribution in [-0.4, -0.2) is 123 Å². The summed E-state index contributed by atoms with van der Waals surface area (Å²) in [7, 11) is -3.85. The number of piperidine rings is 2. The number of carbonyl (C=O) groups excluding carboxylic acids is 4. The second kappa shape index (κ2) is 16.2. The molecule has 3 fully saturated rings. The number of piperazine rings is 1. The topological polar surface area (TPSA) is 183 Å². The van der Waals surface area contributed by atoms with Crippen LogP contribution >= 0.6 is 11.6 Å². The average Bonchev–Trinajstić information content (AvgIpc) is 3.75. The van der Waals surface area contributed by atoms with Crippen LogP contribution in [0, 0.1) is 5.82 Å². The van der Waals surface area contributed by atoms with Gasteiger partial charge in [-0.05, 0) is 49.1 Å². The summed E-state index contributed by atoms with van der Waals surface area (Å²) in [6.45, 7) is 1.33. The maximum atomic E-state index is 15.5. The van der Waals surface area contributed by atoms with Crippen molar-refractivity contribution in [3.8, 4) is 11.3 Å². The first kappa shape index (κ1) is 41.2. The lowest BCUT2D eigenvalue weighted by atomic mass is 10.0. The zero-order valence-electron chi connectivity index (χ0n) is 31.7. The fourth-order valence-electron chi connectivity index (χ4n) is 7.90. The predicted octanol–water partition coefficient (Wildman–Crippen LogP) is 3.68. The maximum absolute atomic E-state index is 15.5. The molecule has 2 N–H and O–H groups in total. The third kappa shape index (κ3) is 8.43. The summed E-state index contributed by atoms with van der Waals surface area (Å²) >= 11 is 6.26. The molecule has 8 rings (SSSR count). The van der Waals surface area contributed by atoms with Gasteiger partial charge in [0.25, 0.3) is 11.8 Å². The van der Waals surface area contributed by atoms with Gasteiger partial charge in [0.1, 0.15) is 18.4 Å². The minimum absolute atomic E-state index is 0.00990. The van der Waals surface area contributed by atoms with Crippen molar-refractivity contribution in [3.63, 3.8) is 0 Å². The Morgan fingerprint density at radius 2 is 1.63 bits per heavy atom. The number of benzene rings is 2. The molecule has 316 valence electrons. The molecule has 22 heteroatoms. The zero-order chi connectivity index (χ0) is 42.5. The first-order chi connectivity index (χ1) is 28.5. The van der Waals surface area contributed by atoms with Gasteiger partial charge >= 0.3 is 6.18 Å². The van der Waals surface area contributed by atoms with Gasteiger partial charge in [-0.25, -0.2) is 22.8 Å². The first-order valence-electron chi connectivity index (χ1n) is 19.0. The van der Waals surface area contributed by atoms with Crippen molar-refractivity contribution in [1.82, 2.24) is 39.2 Å². The Hall–Kier alpha value is -5.51. The van der Waals surface area contributed by atoms with Crippen LogP contribution in [-0.2, 0) is 32.7 Å². The van der Waals surface area contributed by atoms with E-state index in [9.17, 15) is 40.8 Å². The summed E-state index contributed by atoms with van der Waals surface area (Å²) < 4.78 is 83.6. The van der Waals surface area contributed by atoms with Crippen LogP contribution in [0.25, 0.3) is 11.3 Å². The van der Waals surface area contributed by atoms with Gasteiger partial charge in [0.15, 0.2) is 0 Å². The highest BCUT2D eigenvalue weighted by molar-refractivity contribution is 7.89. The van der Waals surface area contributed by atoms with Crippen LogP contribution in [0.15, 0.2) is 59.9 Å². The molecule has 60 heavy (non-hydrogen) atoms. The van der Waals surface area contributed by atoms with Crippen molar-refractivity contribution in [2.24, 2.45) is 0 Å². The SMILES string of the molecule is O=C1CCC(N2C(=O)c3cc(F)c(N4CCN(Cc5cccc(S(=O)(=O)N6CCC(Nc7ncc(Cl)c(-c8cnn(CC(F)(F)F)c8)n7)CC6)c5)CC4)cc3C2=O)C(=O)N1. The number of hydrogen-bond acceptors (Lipinski definition) is 12. The Balaban J connectivity index is 0.852. The van der Waals surface area contributed by atoms with E-state index < -0.39 is 58.2 Å². The summed E-state index contributed by atoms with van der Waals surface area (Å²) in [5.74, 6) is -3.25. The minimum atomic E-state index is -4.45. The molecule has 16 nitrogen and oxygen atoms in total. The van der Waals surface area contributed by atoms with Crippen molar-refractivity contribution < 1.29 is 45.2 Å². The number of carbonyl (C=O) groups is 4. The Morgan fingerprint density at radius 3 is 2.33 bits per heavy atom. The number of sulfonamides is 1. The van der Waals surface area contributed by atoms with E-state index >= 15 is 4.39 Å². The van der Waals surface area contributed by atoms with Gasteiger partial charge in [0.05, 0.1) is 44.8 Å². The molecule has 1 atom stereocenters. The van der Waals surface area contributed by atoms with E-state index in [0.717, 1.165) is 21.2 Å².